The molecule has 2 aromatic carbocycles. The number of methoxy groups -OCH3 is 1. The highest BCUT2D eigenvalue weighted by molar-refractivity contribution is 5.90. The second-order valence-electron chi connectivity index (χ2n) is 4.78. The van der Waals surface area contributed by atoms with E-state index in [0.717, 1.165) is 17.0 Å². The second kappa shape index (κ2) is 6.17. The standard InChI is InChI=1S/C16H18N2O3/c1-18(10-11-3-6-13(21-2)7-4-11)15-8-5-12(16(19)20)9-14(15)17/h3-9H,10,17H2,1-2H3,(H,19,20). The summed E-state index contributed by atoms with van der Waals surface area (Å²) in [4.78, 5) is 12.9. The fourth-order valence-electron chi connectivity index (χ4n) is 2.13. The maximum Gasteiger partial charge on any atom is 0.335 e. The normalized spacial score (nSPS) is 10.2. The van der Waals surface area contributed by atoms with Crippen LogP contribution in [-0.2, 0) is 6.54 Å². The monoisotopic (exact) mass is 286 g/mol. The number of carboxylic acid groups (broad SMARTS) is 1. The second-order valence-corrected chi connectivity index (χ2v) is 4.78. The number of hydrogen-bond acceptors (Lipinski definition) is 4. The summed E-state index contributed by atoms with van der Waals surface area (Å²) < 4.78 is 5.12. The van der Waals surface area contributed by atoms with Gasteiger partial charge in [0.05, 0.1) is 24.0 Å². The van der Waals surface area contributed by atoms with E-state index in [2.05, 4.69) is 0 Å². The number of carboxylic acids is 1. The number of nitrogens with two attached hydrogens (primary N) is 1. The van der Waals surface area contributed by atoms with Gasteiger partial charge in [-0.05, 0) is 35.9 Å². The largest absolute Gasteiger partial charge is 0.497 e. The van der Waals surface area contributed by atoms with Gasteiger partial charge in [-0.25, -0.2) is 4.79 Å². The molecule has 110 valence electrons. The minimum Gasteiger partial charge on any atom is -0.497 e. The molecule has 0 atom stereocenters. The number of rotatable bonds is 5. The van der Waals surface area contributed by atoms with Crippen LogP contribution in [0, 0.1) is 0 Å². The van der Waals surface area contributed by atoms with Crippen LogP contribution in [0.25, 0.3) is 0 Å². The predicted octanol–water partition coefficient (Wildman–Crippen LogP) is 2.61. The molecule has 0 aromatic heterocycles. The first kappa shape index (κ1) is 14.7. The average Bonchev–Trinajstić information content (AvgIpc) is 2.47. The van der Waals surface area contributed by atoms with Gasteiger partial charge >= 0.3 is 5.97 Å². The molecular formula is C16H18N2O3. The molecule has 0 unspecified atom stereocenters. The summed E-state index contributed by atoms with van der Waals surface area (Å²) in [6.45, 7) is 0.667. The number of carbonyl (C=O) groups is 1. The molecule has 0 aliphatic rings. The van der Waals surface area contributed by atoms with Crippen LogP contribution in [0.4, 0.5) is 11.4 Å². The van der Waals surface area contributed by atoms with Crippen molar-refractivity contribution in [1.82, 2.24) is 0 Å². The van der Waals surface area contributed by atoms with Crippen LogP contribution < -0.4 is 15.4 Å². The summed E-state index contributed by atoms with van der Waals surface area (Å²) in [5, 5.41) is 8.94. The Balaban J connectivity index is 2.15. The number of hydrogen-bond donors (Lipinski definition) is 2. The molecule has 0 heterocycles. The molecule has 3 N–H and O–H groups in total. The lowest BCUT2D eigenvalue weighted by Crippen LogP contribution is -2.18. The smallest absolute Gasteiger partial charge is 0.335 e. The molecule has 0 aliphatic heterocycles. The lowest BCUT2D eigenvalue weighted by molar-refractivity contribution is 0.0697. The minimum atomic E-state index is -0.981. The third-order valence-electron chi connectivity index (χ3n) is 3.26. The quantitative estimate of drug-likeness (QED) is 0.826. The Kier molecular flexibility index (Phi) is 4.33. The zero-order valence-corrected chi connectivity index (χ0v) is 12.0. The van der Waals surface area contributed by atoms with Crippen LogP contribution in [0.15, 0.2) is 42.5 Å². The Labute approximate surface area is 123 Å². The molecule has 5 nitrogen and oxygen atoms in total. The van der Waals surface area contributed by atoms with E-state index in [-0.39, 0.29) is 5.56 Å². The average molecular weight is 286 g/mol. The third kappa shape index (κ3) is 3.45. The van der Waals surface area contributed by atoms with Crippen molar-refractivity contribution in [1.29, 1.82) is 0 Å². The lowest BCUT2D eigenvalue weighted by atomic mass is 10.1. The van der Waals surface area contributed by atoms with Gasteiger partial charge < -0.3 is 20.5 Å². The number of benzene rings is 2. The van der Waals surface area contributed by atoms with Crippen molar-refractivity contribution >= 4 is 17.3 Å². The van der Waals surface area contributed by atoms with Gasteiger partial charge in [-0.15, -0.1) is 0 Å². The van der Waals surface area contributed by atoms with E-state index >= 15 is 0 Å². The SMILES string of the molecule is COc1ccc(CN(C)c2ccc(C(=O)O)cc2N)cc1. The number of nitrogen functional groups attached to an aromatic ring is 1. The number of aromatic carboxylic acids is 1. The fourth-order valence-corrected chi connectivity index (χ4v) is 2.13. The summed E-state index contributed by atoms with van der Waals surface area (Å²) >= 11 is 0. The summed E-state index contributed by atoms with van der Waals surface area (Å²) in [6.07, 6.45) is 0. The van der Waals surface area contributed by atoms with E-state index < -0.39 is 5.97 Å². The Morgan fingerprint density at radius 3 is 2.43 bits per heavy atom. The van der Waals surface area contributed by atoms with Gasteiger partial charge in [0.15, 0.2) is 0 Å². The first-order chi connectivity index (χ1) is 10.0. The Bertz CT molecular complexity index is 638. The van der Waals surface area contributed by atoms with Crippen molar-refractivity contribution in [2.24, 2.45) is 0 Å². The van der Waals surface area contributed by atoms with Gasteiger partial charge in [0.25, 0.3) is 0 Å². The van der Waals surface area contributed by atoms with Crippen LogP contribution in [0.1, 0.15) is 15.9 Å². The Hall–Kier alpha value is -2.69. The Morgan fingerprint density at radius 2 is 1.90 bits per heavy atom. The summed E-state index contributed by atoms with van der Waals surface area (Å²) in [5.41, 5.74) is 8.49. The van der Waals surface area contributed by atoms with Crippen molar-refractivity contribution in [3.8, 4) is 5.75 Å². The first-order valence-corrected chi connectivity index (χ1v) is 6.48. The summed E-state index contributed by atoms with van der Waals surface area (Å²) in [6, 6.07) is 12.5. The summed E-state index contributed by atoms with van der Waals surface area (Å²) in [5.74, 6) is -0.169. The predicted molar refractivity (Wildman–Crippen MR) is 82.9 cm³/mol. The van der Waals surface area contributed by atoms with Crippen LogP contribution in [0.2, 0.25) is 0 Å². The van der Waals surface area contributed by atoms with Crippen LogP contribution in [0.5, 0.6) is 5.75 Å². The molecule has 21 heavy (non-hydrogen) atoms. The fraction of sp³-hybridized carbons (Fsp3) is 0.188. The van der Waals surface area contributed by atoms with Gasteiger partial charge in [0, 0.05) is 13.6 Å². The molecular weight excluding hydrogens is 268 g/mol. The molecule has 0 saturated heterocycles. The summed E-state index contributed by atoms with van der Waals surface area (Å²) in [7, 11) is 3.54. The van der Waals surface area contributed by atoms with E-state index in [9.17, 15) is 4.79 Å². The Morgan fingerprint density at radius 1 is 1.24 bits per heavy atom. The van der Waals surface area contributed by atoms with Gasteiger partial charge in [0.2, 0.25) is 0 Å². The van der Waals surface area contributed by atoms with Crippen molar-refractivity contribution in [2.75, 3.05) is 24.8 Å². The van der Waals surface area contributed by atoms with Crippen molar-refractivity contribution < 1.29 is 14.6 Å². The highest BCUT2D eigenvalue weighted by atomic mass is 16.5. The number of ether oxygens (including phenoxy) is 1. The minimum absolute atomic E-state index is 0.189. The van der Waals surface area contributed by atoms with E-state index in [1.54, 1.807) is 19.2 Å². The van der Waals surface area contributed by atoms with Gasteiger partial charge in [-0.3, -0.25) is 0 Å². The molecule has 2 aromatic rings. The van der Waals surface area contributed by atoms with E-state index in [1.165, 1.54) is 6.07 Å². The van der Waals surface area contributed by atoms with Gasteiger partial charge in [0.1, 0.15) is 5.75 Å². The van der Waals surface area contributed by atoms with Crippen LogP contribution in [0.3, 0.4) is 0 Å². The molecule has 0 amide bonds. The molecule has 0 aliphatic carbocycles. The first-order valence-electron chi connectivity index (χ1n) is 6.48. The van der Waals surface area contributed by atoms with Crippen molar-refractivity contribution in [2.45, 2.75) is 6.54 Å². The van der Waals surface area contributed by atoms with E-state index in [1.807, 2.05) is 36.2 Å². The van der Waals surface area contributed by atoms with Gasteiger partial charge in [-0.1, -0.05) is 12.1 Å². The zero-order chi connectivity index (χ0) is 15.4. The molecule has 0 spiro atoms. The van der Waals surface area contributed by atoms with Crippen LogP contribution >= 0.6 is 0 Å². The molecule has 0 bridgehead atoms. The maximum atomic E-state index is 10.9. The highest BCUT2D eigenvalue weighted by Gasteiger charge is 2.10. The molecule has 0 saturated carbocycles. The molecule has 2 rings (SSSR count). The maximum absolute atomic E-state index is 10.9. The highest BCUT2D eigenvalue weighted by Crippen LogP contribution is 2.25. The third-order valence-corrected chi connectivity index (χ3v) is 3.26. The lowest BCUT2D eigenvalue weighted by Gasteiger charge is -2.21. The van der Waals surface area contributed by atoms with E-state index in [4.69, 9.17) is 15.6 Å². The van der Waals surface area contributed by atoms with Crippen molar-refractivity contribution in [3.05, 3.63) is 53.6 Å². The molecule has 5 heteroatoms. The molecule has 0 fully saturated rings. The van der Waals surface area contributed by atoms with Gasteiger partial charge in [-0.2, -0.15) is 0 Å². The topological polar surface area (TPSA) is 75.8 Å². The van der Waals surface area contributed by atoms with E-state index in [0.29, 0.717) is 12.2 Å². The van der Waals surface area contributed by atoms with Crippen molar-refractivity contribution in [3.63, 3.8) is 0 Å². The molecule has 0 radical (unpaired) electrons. The number of anilines is 2. The van der Waals surface area contributed by atoms with Crippen LogP contribution in [-0.4, -0.2) is 25.2 Å². The number of nitrogens with zero attached hydrogens (tertiary/aromatic N) is 1. The zero-order valence-electron chi connectivity index (χ0n) is 12.0.